The second-order valence-electron chi connectivity index (χ2n) is 5.03. The summed E-state index contributed by atoms with van der Waals surface area (Å²) < 4.78 is 0. The van der Waals surface area contributed by atoms with Gasteiger partial charge >= 0.3 is 0 Å². The van der Waals surface area contributed by atoms with Gasteiger partial charge in [0.1, 0.15) is 6.29 Å². The summed E-state index contributed by atoms with van der Waals surface area (Å²) in [6.45, 7) is 2.74. The highest BCUT2D eigenvalue weighted by Crippen LogP contribution is 2.19. The molecule has 0 saturated carbocycles. The van der Waals surface area contributed by atoms with E-state index in [2.05, 4.69) is 22.4 Å². The molecule has 0 unspecified atom stereocenters. The number of benzene rings is 2. The number of para-hydroxylation sites is 1. The van der Waals surface area contributed by atoms with E-state index in [1.165, 1.54) is 10.9 Å². The number of pyridine rings is 1. The van der Waals surface area contributed by atoms with Crippen LogP contribution in [0.1, 0.15) is 21.6 Å². The fraction of sp³-hybridized carbons (Fsp3) is 0.111. The van der Waals surface area contributed by atoms with Crippen molar-refractivity contribution < 1.29 is 4.79 Å². The Bertz CT molecular complexity index is 779. The minimum absolute atomic E-state index is 0.686. The van der Waals surface area contributed by atoms with Gasteiger partial charge in [-0.25, -0.2) is 0 Å². The highest BCUT2D eigenvalue weighted by molar-refractivity contribution is 5.82. The molecule has 21 heavy (non-hydrogen) atoms. The number of carbonyl (C=O) groups excluding carboxylic acids is 1. The Hall–Kier alpha value is -2.68. The Morgan fingerprint density at radius 2 is 1.86 bits per heavy atom. The smallest absolute Gasteiger partial charge is 0.150 e. The first kappa shape index (κ1) is 13.3. The van der Waals surface area contributed by atoms with Crippen LogP contribution in [0.3, 0.4) is 0 Å². The van der Waals surface area contributed by atoms with E-state index in [4.69, 9.17) is 0 Å². The Balaban J connectivity index is 1.85. The molecule has 104 valence electrons. The Morgan fingerprint density at radius 3 is 2.62 bits per heavy atom. The fourth-order valence-electron chi connectivity index (χ4n) is 2.42. The molecular weight excluding hydrogens is 260 g/mol. The summed E-state index contributed by atoms with van der Waals surface area (Å²) in [5.41, 5.74) is 4.94. The van der Waals surface area contributed by atoms with Gasteiger partial charge in [0.25, 0.3) is 0 Å². The number of nitrogens with one attached hydrogen (secondary N) is 1. The summed E-state index contributed by atoms with van der Waals surface area (Å²) in [4.78, 5) is 15.2. The van der Waals surface area contributed by atoms with Gasteiger partial charge in [0.2, 0.25) is 0 Å². The van der Waals surface area contributed by atoms with E-state index in [9.17, 15) is 4.79 Å². The van der Waals surface area contributed by atoms with Gasteiger partial charge in [0.05, 0.1) is 5.52 Å². The lowest BCUT2D eigenvalue weighted by atomic mass is 10.1. The van der Waals surface area contributed by atoms with Crippen molar-refractivity contribution in [2.24, 2.45) is 0 Å². The first-order valence-corrected chi connectivity index (χ1v) is 6.90. The summed E-state index contributed by atoms with van der Waals surface area (Å²) in [5, 5.41) is 4.55. The molecule has 3 rings (SSSR count). The quantitative estimate of drug-likeness (QED) is 0.733. The summed E-state index contributed by atoms with van der Waals surface area (Å²) >= 11 is 0. The first-order valence-electron chi connectivity index (χ1n) is 6.90. The van der Waals surface area contributed by atoms with Gasteiger partial charge < -0.3 is 5.32 Å². The lowest BCUT2D eigenvalue weighted by Gasteiger charge is -2.10. The number of aryl methyl sites for hydroxylation is 1. The lowest BCUT2D eigenvalue weighted by molar-refractivity contribution is 0.112. The van der Waals surface area contributed by atoms with Gasteiger partial charge in [-0.2, -0.15) is 0 Å². The molecule has 0 bridgehead atoms. The first-order chi connectivity index (χ1) is 10.3. The van der Waals surface area contributed by atoms with E-state index >= 15 is 0 Å². The zero-order valence-corrected chi connectivity index (χ0v) is 11.8. The number of aldehydes is 1. The second-order valence-corrected chi connectivity index (χ2v) is 5.03. The average Bonchev–Trinajstić information content (AvgIpc) is 2.53. The van der Waals surface area contributed by atoms with Gasteiger partial charge in [-0.3, -0.25) is 9.78 Å². The predicted octanol–water partition coefficient (Wildman–Crippen LogP) is 3.97. The lowest BCUT2D eigenvalue weighted by Crippen LogP contribution is -2.01. The summed E-state index contributed by atoms with van der Waals surface area (Å²) in [6, 6.07) is 17.7. The van der Waals surface area contributed by atoms with Crippen LogP contribution in [0.5, 0.6) is 0 Å². The van der Waals surface area contributed by atoms with E-state index in [1.807, 2.05) is 49.4 Å². The molecule has 0 spiro atoms. The predicted molar refractivity (Wildman–Crippen MR) is 85.6 cm³/mol. The third-order valence-corrected chi connectivity index (χ3v) is 3.46. The Labute approximate surface area is 123 Å². The molecule has 0 aliphatic rings. The number of hydrogen-bond acceptors (Lipinski definition) is 3. The molecule has 1 aromatic heterocycles. The van der Waals surface area contributed by atoms with E-state index in [1.54, 1.807) is 0 Å². The third-order valence-electron chi connectivity index (χ3n) is 3.46. The fourth-order valence-corrected chi connectivity index (χ4v) is 2.42. The summed E-state index contributed by atoms with van der Waals surface area (Å²) in [6.07, 6.45) is 0.851. The van der Waals surface area contributed by atoms with Gasteiger partial charge in [0, 0.05) is 28.9 Å². The van der Waals surface area contributed by atoms with Crippen LogP contribution in [0.25, 0.3) is 10.9 Å². The SMILES string of the molecule is Cc1cc(CNc2ccc(C=O)cc2)c2ccccc2n1. The minimum atomic E-state index is 0.686. The van der Waals surface area contributed by atoms with Crippen LogP contribution >= 0.6 is 0 Å². The van der Waals surface area contributed by atoms with Crippen LogP contribution in [-0.4, -0.2) is 11.3 Å². The van der Waals surface area contributed by atoms with Crippen LogP contribution in [0.2, 0.25) is 0 Å². The van der Waals surface area contributed by atoms with Crippen LogP contribution in [0, 0.1) is 6.92 Å². The molecule has 0 amide bonds. The minimum Gasteiger partial charge on any atom is -0.381 e. The average molecular weight is 276 g/mol. The number of nitrogens with zero attached hydrogens (tertiary/aromatic N) is 1. The standard InChI is InChI=1S/C18H16N2O/c1-13-10-15(17-4-2-3-5-18(17)20-13)11-19-16-8-6-14(12-21)7-9-16/h2-10,12,19H,11H2,1H3. The van der Waals surface area contributed by atoms with Crippen LogP contribution < -0.4 is 5.32 Å². The summed E-state index contributed by atoms with van der Waals surface area (Å²) in [7, 11) is 0. The molecular formula is C18H16N2O. The number of anilines is 1. The zero-order valence-electron chi connectivity index (χ0n) is 11.8. The zero-order chi connectivity index (χ0) is 14.7. The van der Waals surface area contributed by atoms with E-state index < -0.39 is 0 Å². The van der Waals surface area contributed by atoms with Crippen molar-refractivity contribution in [3.63, 3.8) is 0 Å². The highest BCUT2D eigenvalue weighted by Gasteiger charge is 2.03. The normalized spacial score (nSPS) is 10.5. The molecule has 2 aromatic carbocycles. The summed E-state index contributed by atoms with van der Waals surface area (Å²) in [5.74, 6) is 0. The molecule has 3 nitrogen and oxygen atoms in total. The maximum absolute atomic E-state index is 10.7. The van der Waals surface area contributed by atoms with Crippen molar-refractivity contribution in [1.29, 1.82) is 0 Å². The van der Waals surface area contributed by atoms with Crippen molar-refractivity contribution in [1.82, 2.24) is 4.98 Å². The molecule has 0 aliphatic carbocycles. The molecule has 0 saturated heterocycles. The monoisotopic (exact) mass is 276 g/mol. The number of carbonyl (C=O) groups is 1. The third kappa shape index (κ3) is 2.92. The van der Waals surface area contributed by atoms with Crippen LogP contribution in [0.15, 0.2) is 54.6 Å². The number of fused-ring (bicyclic) bond motifs is 1. The van der Waals surface area contributed by atoms with Crippen molar-refractivity contribution in [2.75, 3.05) is 5.32 Å². The maximum atomic E-state index is 10.7. The van der Waals surface area contributed by atoms with Crippen LogP contribution in [0.4, 0.5) is 5.69 Å². The molecule has 0 atom stereocenters. The van der Waals surface area contributed by atoms with E-state index in [0.717, 1.165) is 29.7 Å². The molecule has 1 heterocycles. The van der Waals surface area contributed by atoms with Crippen molar-refractivity contribution in [3.8, 4) is 0 Å². The van der Waals surface area contributed by atoms with Crippen molar-refractivity contribution in [2.45, 2.75) is 13.5 Å². The molecule has 1 N–H and O–H groups in total. The Kier molecular flexibility index (Phi) is 3.65. The van der Waals surface area contributed by atoms with E-state index in [0.29, 0.717) is 5.56 Å². The van der Waals surface area contributed by atoms with Crippen molar-refractivity contribution in [3.05, 3.63) is 71.4 Å². The molecule has 0 aliphatic heterocycles. The van der Waals surface area contributed by atoms with E-state index in [-0.39, 0.29) is 0 Å². The highest BCUT2D eigenvalue weighted by atomic mass is 16.1. The molecule has 3 heteroatoms. The molecule has 0 fully saturated rings. The topological polar surface area (TPSA) is 42.0 Å². The van der Waals surface area contributed by atoms with Gasteiger partial charge in [-0.1, -0.05) is 18.2 Å². The number of hydrogen-bond donors (Lipinski definition) is 1. The largest absolute Gasteiger partial charge is 0.381 e. The Morgan fingerprint density at radius 1 is 1.10 bits per heavy atom. The molecule has 0 radical (unpaired) electrons. The van der Waals surface area contributed by atoms with Crippen molar-refractivity contribution >= 4 is 22.9 Å². The second kappa shape index (κ2) is 5.75. The van der Waals surface area contributed by atoms with Gasteiger partial charge in [-0.15, -0.1) is 0 Å². The van der Waals surface area contributed by atoms with Gasteiger partial charge in [0.15, 0.2) is 0 Å². The number of aromatic nitrogens is 1. The van der Waals surface area contributed by atoms with Gasteiger partial charge in [-0.05, 0) is 48.9 Å². The maximum Gasteiger partial charge on any atom is 0.150 e. The van der Waals surface area contributed by atoms with Crippen LogP contribution in [-0.2, 0) is 6.54 Å². The number of rotatable bonds is 4. The molecule has 3 aromatic rings.